The van der Waals surface area contributed by atoms with Crippen molar-refractivity contribution in [1.29, 1.82) is 0 Å². The summed E-state index contributed by atoms with van der Waals surface area (Å²) in [6.07, 6.45) is 4.69. The number of hydrogen-bond donors (Lipinski definition) is 2. The van der Waals surface area contributed by atoms with Crippen LogP contribution in [0.2, 0.25) is 0 Å². The van der Waals surface area contributed by atoms with Crippen molar-refractivity contribution in [3.05, 3.63) is 12.3 Å². The Labute approximate surface area is 112 Å². The van der Waals surface area contributed by atoms with E-state index < -0.39 is 11.5 Å². The second kappa shape index (κ2) is 5.42. The molecule has 1 saturated carbocycles. The number of hydrogen-bond acceptors (Lipinski definition) is 5. The number of nitrogens with zero attached hydrogens (tertiary/aromatic N) is 2. The first-order valence-corrected chi connectivity index (χ1v) is 6.44. The maximum Gasteiger partial charge on any atom is 0.329 e. The third kappa shape index (κ3) is 2.94. The third-order valence-electron chi connectivity index (χ3n) is 3.60. The first-order chi connectivity index (χ1) is 9.05. The topological polar surface area (TPSA) is 84.3 Å². The van der Waals surface area contributed by atoms with Gasteiger partial charge in [0.05, 0.1) is 7.11 Å². The molecule has 104 valence electrons. The molecule has 1 aliphatic carbocycles. The lowest BCUT2D eigenvalue weighted by Gasteiger charge is -2.37. The van der Waals surface area contributed by atoms with Crippen LogP contribution < -0.4 is 10.1 Å². The number of aliphatic carboxylic acids is 1. The van der Waals surface area contributed by atoms with Crippen molar-refractivity contribution in [3.63, 3.8) is 0 Å². The maximum absolute atomic E-state index is 11.6. The van der Waals surface area contributed by atoms with Gasteiger partial charge in [-0.1, -0.05) is 19.8 Å². The van der Waals surface area contributed by atoms with Crippen molar-refractivity contribution in [2.24, 2.45) is 5.92 Å². The number of carbonyl (C=O) groups is 1. The minimum absolute atomic E-state index is 0.302. The minimum atomic E-state index is -0.968. The molecule has 0 amide bonds. The summed E-state index contributed by atoms with van der Waals surface area (Å²) in [6.45, 7) is 2.07. The van der Waals surface area contributed by atoms with Crippen LogP contribution in [0.25, 0.3) is 0 Å². The van der Waals surface area contributed by atoms with Crippen molar-refractivity contribution in [1.82, 2.24) is 9.97 Å². The molecule has 6 nitrogen and oxygen atoms in total. The Morgan fingerprint density at radius 1 is 1.63 bits per heavy atom. The Balaban J connectivity index is 2.23. The van der Waals surface area contributed by atoms with E-state index in [9.17, 15) is 9.90 Å². The van der Waals surface area contributed by atoms with Gasteiger partial charge < -0.3 is 15.2 Å². The Bertz CT molecular complexity index is 466. The number of ether oxygens (including phenoxy) is 1. The zero-order valence-corrected chi connectivity index (χ0v) is 11.2. The van der Waals surface area contributed by atoms with E-state index in [1.807, 2.05) is 0 Å². The second-order valence-corrected chi connectivity index (χ2v) is 5.14. The predicted molar refractivity (Wildman–Crippen MR) is 70.2 cm³/mol. The lowest BCUT2D eigenvalue weighted by atomic mass is 9.76. The Morgan fingerprint density at radius 3 is 3.05 bits per heavy atom. The Hall–Kier alpha value is -1.85. The molecule has 0 aromatic carbocycles. The highest BCUT2D eigenvalue weighted by atomic mass is 16.5. The third-order valence-corrected chi connectivity index (χ3v) is 3.60. The zero-order chi connectivity index (χ0) is 13.9. The number of rotatable bonds is 4. The van der Waals surface area contributed by atoms with Crippen molar-refractivity contribution >= 4 is 11.9 Å². The van der Waals surface area contributed by atoms with Gasteiger partial charge in [-0.05, 0) is 18.8 Å². The van der Waals surface area contributed by atoms with Crippen LogP contribution in [0.15, 0.2) is 12.3 Å². The summed E-state index contributed by atoms with van der Waals surface area (Å²) in [5, 5.41) is 12.5. The lowest BCUT2D eigenvalue weighted by molar-refractivity contribution is -0.144. The molecular formula is C13H19N3O3. The van der Waals surface area contributed by atoms with Crippen LogP contribution in [0.4, 0.5) is 5.95 Å². The van der Waals surface area contributed by atoms with Crippen molar-refractivity contribution in [2.75, 3.05) is 12.4 Å². The van der Waals surface area contributed by atoms with E-state index in [0.29, 0.717) is 30.6 Å². The van der Waals surface area contributed by atoms with Gasteiger partial charge in [0.1, 0.15) is 5.54 Å². The summed E-state index contributed by atoms with van der Waals surface area (Å²) in [5.41, 5.74) is -0.968. The fourth-order valence-corrected chi connectivity index (χ4v) is 2.64. The van der Waals surface area contributed by atoms with E-state index >= 15 is 0 Å². The molecule has 0 saturated heterocycles. The molecule has 1 aromatic rings. The van der Waals surface area contributed by atoms with E-state index in [1.165, 1.54) is 7.11 Å². The van der Waals surface area contributed by atoms with Crippen molar-refractivity contribution in [2.45, 2.75) is 38.1 Å². The van der Waals surface area contributed by atoms with Crippen LogP contribution in [0.1, 0.15) is 32.6 Å². The van der Waals surface area contributed by atoms with Gasteiger partial charge in [-0.2, -0.15) is 4.98 Å². The van der Waals surface area contributed by atoms with E-state index in [4.69, 9.17) is 4.74 Å². The van der Waals surface area contributed by atoms with Gasteiger partial charge in [0.25, 0.3) is 0 Å². The first-order valence-electron chi connectivity index (χ1n) is 6.44. The average Bonchev–Trinajstić information content (AvgIpc) is 2.38. The Kier molecular flexibility index (Phi) is 3.87. The summed E-state index contributed by atoms with van der Waals surface area (Å²) < 4.78 is 5.02. The quantitative estimate of drug-likeness (QED) is 0.865. The van der Waals surface area contributed by atoms with Gasteiger partial charge >= 0.3 is 5.97 Å². The molecule has 0 spiro atoms. The van der Waals surface area contributed by atoms with Gasteiger partial charge in [0.15, 0.2) is 0 Å². The summed E-state index contributed by atoms with van der Waals surface area (Å²) in [5.74, 6) is 0.256. The molecule has 0 radical (unpaired) electrons. The average molecular weight is 265 g/mol. The molecule has 1 aromatic heterocycles. The SMILES string of the molecule is COc1ccnc(NC2(C(=O)O)CCCC(C)C2)n1. The first kappa shape index (κ1) is 13.6. The molecule has 0 aliphatic heterocycles. The van der Waals surface area contributed by atoms with Crippen molar-refractivity contribution < 1.29 is 14.6 Å². The smallest absolute Gasteiger partial charge is 0.329 e. The molecule has 2 N–H and O–H groups in total. The van der Waals surface area contributed by atoms with E-state index in [-0.39, 0.29) is 0 Å². The number of nitrogens with one attached hydrogen (secondary N) is 1. The number of methoxy groups -OCH3 is 1. The number of carboxylic acids is 1. The molecule has 2 unspecified atom stereocenters. The summed E-state index contributed by atoms with van der Waals surface area (Å²) in [4.78, 5) is 19.8. The molecule has 2 atom stereocenters. The fourth-order valence-electron chi connectivity index (χ4n) is 2.64. The molecule has 0 bridgehead atoms. The van der Waals surface area contributed by atoms with Crippen LogP contribution in [-0.2, 0) is 4.79 Å². The molecule has 19 heavy (non-hydrogen) atoms. The van der Waals surface area contributed by atoms with Crippen molar-refractivity contribution in [3.8, 4) is 5.88 Å². The van der Waals surface area contributed by atoms with E-state index in [2.05, 4.69) is 22.2 Å². The monoisotopic (exact) mass is 265 g/mol. The molecular weight excluding hydrogens is 246 g/mol. The summed E-state index contributed by atoms with van der Waals surface area (Å²) in [6, 6.07) is 1.63. The largest absolute Gasteiger partial charge is 0.481 e. The van der Waals surface area contributed by atoms with E-state index in [1.54, 1.807) is 12.3 Å². The molecule has 1 aliphatic rings. The lowest BCUT2D eigenvalue weighted by Crippen LogP contribution is -2.50. The zero-order valence-electron chi connectivity index (χ0n) is 11.2. The van der Waals surface area contributed by atoms with Crippen LogP contribution >= 0.6 is 0 Å². The molecule has 1 heterocycles. The molecule has 6 heteroatoms. The van der Waals surface area contributed by atoms with Gasteiger partial charge in [-0.15, -0.1) is 0 Å². The highest BCUT2D eigenvalue weighted by Crippen LogP contribution is 2.34. The summed E-state index contributed by atoms with van der Waals surface area (Å²) >= 11 is 0. The van der Waals surface area contributed by atoms with Gasteiger partial charge in [-0.3, -0.25) is 0 Å². The van der Waals surface area contributed by atoms with Crippen LogP contribution in [0.3, 0.4) is 0 Å². The normalized spacial score (nSPS) is 26.7. The van der Waals surface area contributed by atoms with Gasteiger partial charge in [0.2, 0.25) is 11.8 Å². The van der Waals surface area contributed by atoms with Crippen LogP contribution in [-0.4, -0.2) is 33.7 Å². The maximum atomic E-state index is 11.6. The number of aromatic nitrogens is 2. The fraction of sp³-hybridized carbons (Fsp3) is 0.615. The van der Waals surface area contributed by atoms with Crippen LogP contribution in [0.5, 0.6) is 5.88 Å². The molecule has 2 rings (SSSR count). The highest BCUT2D eigenvalue weighted by molar-refractivity contribution is 5.82. The van der Waals surface area contributed by atoms with Crippen LogP contribution in [0, 0.1) is 5.92 Å². The van der Waals surface area contributed by atoms with Gasteiger partial charge in [-0.25, -0.2) is 9.78 Å². The number of carboxylic acid groups (broad SMARTS) is 1. The highest BCUT2D eigenvalue weighted by Gasteiger charge is 2.42. The van der Waals surface area contributed by atoms with E-state index in [0.717, 1.165) is 12.8 Å². The summed E-state index contributed by atoms with van der Waals surface area (Å²) in [7, 11) is 1.52. The molecule has 1 fully saturated rings. The minimum Gasteiger partial charge on any atom is -0.481 e. The number of anilines is 1. The van der Waals surface area contributed by atoms with Gasteiger partial charge in [0, 0.05) is 12.3 Å². The Morgan fingerprint density at radius 2 is 2.42 bits per heavy atom. The predicted octanol–water partition coefficient (Wildman–Crippen LogP) is 1.93. The second-order valence-electron chi connectivity index (χ2n) is 5.14. The standard InChI is InChI=1S/C13H19N3O3/c1-9-4-3-6-13(8-9,11(17)18)16-12-14-7-5-10(15-12)19-2/h5,7,9H,3-4,6,8H2,1-2H3,(H,17,18)(H,14,15,16).